The topological polar surface area (TPSA) is 15.3 Å². The zero-order valence-electron chi connectivity index (χ0n) is 13.2. The van der Waals surface area contributed by atoms with Gasteiger partial charge in [0.2, 0.25) is 0 Å². The fourth-order valence-electron chi connectivity index (χ4n) is 3.09. The largest absolute Gasteiger partial charge is 0.313 e. The van der Waals surface area contributed by atoms with E-state index in [-0.39, 0.29) is 11.9 Å². The molecule has 1 heterocycles. The third kappa shape index (κ3) is 4.67. The van der Waals surface area contributed by atoms with Crippen LogP contribution in [0.3, 0.4) is 0 Å². The Balaban J connectivity index is 2.13. The number of rotatable bonds is 6. The van der Waals surface area contributed by atoms with Gasteiger partial charge < -0.3 is 5.32 Å². The van der Waals surface area contributed by atoms with Crippen LogP contribution in [0.25, 0.3) is 0 Å². The molecular formula is C17H26ClFN2. The molecule has 1 fully saturated rings. The van der Waals surface area contributed by atoms with Gasteiger partial charge in [-0.25, -0.2) is 4.39 Å². The predicted molar refractivity (Wildman–Crippen MR) is 87.3 cm³/mol. The molecule has 1 aromatic rings. The van der Waals surface area contributed by atoms with Crippen molar-refractivity contribution in [3.63, 3.8) is 0 Å². The van der Waals surface area contributed by atoms with Crippen molar-refractivity contribution in [2.24, 2.45) is 5.92 Å². The van der Waals surface area contributed by atoms with Crippen LogP contribution < -0.4 is 5.32 Å². The Labute approximate surface area is 132 Å². The maximum atomic E-state index is 13.2. The van der Waals surface area contributed by atoms with E-state index in [1.54, 1.807) is 0 Å². The molecule has 0 radical (unpaired) electrons. The van der Waals surface area contributed by atoms with E-state index in [1.165, 1.54) is 25.0 Å². The molecule has 0 spiro atoms. The van der Waals surface area contributed by atoms with Gasteiger partial charge in [0.05, 0.1) is 0 Å². The molecule has 1 saturated heterocycles. The zero-order valence-corrected chi connectivity index (χ0v) is 14.0. The van der Waals surface area contributed by atoms with Crippen LogP contribution in [0.5, 0.6) is 0 Å². The van der Waals surface area contributed by atoms with Crippen molar-refractivity contribution in [3.05, 3.63) is 34.6 Å². The molecule has 21 heavy (non-hydrogen) atoms. The molecule has 2 nitrogen and oxygen atoms in total. The number of hydrogen-bond acceptors (Lipinski definition) is 2. The van der Waals surface area contributed by atoms with E-state index in [4.69, 9.17) is 11.6 Å². The highest BCUT2D eigenvalue weighted by atomic mass is 35.5. The van der Waals surface area contributed by atoms with Crippen LogP contribution in [-0.4, -0.2) is 30.6 Å². The van der Waals surface area contributed by atoms with Gasteiger partial charge in [0.1, 0.15) is 5.82 Å². The van der Waals surface area contributed by atoms with Gasteiger partial charge in [-0.15, -0.1) is 0 Å². The van der Waals surface area contributed by atoms with Gasteiger partial charge >= 0.3 is 0 Å². The van der Waals surface area contributed by atoms with E-state index in [2.05, 4.69) is 31.0 Å². The lowest BCUT2D eigenvalue weighted by Crippen LogP contribution is -2.40. The first-order valence-electron chi connectivity index (χ1n) is 7.89. The summed E-state index contributed by atoms with van der Waals surface area (Å²) in [4.78, 5) is 2.47. The molecule has 1 aliphatic heterocycles. The summed E-state index contributed by atoms with van der Waals surface area (Å²) in [5, 5.41) is 4.08. The predicted octanol–water partition coefficient (Wildman–Crippen LogP) is 4.25. The molecule has 0 aliphatic carbocycles. The fourth-order valence-corrected chi connectivity index (χ4v) is 3.42. The summed E-state index contributed by atoms with van der Waals surface area (Å²) in [6.45, 7) is 9.78. The highest BCUT2D eigenvalue weighted by molar-refractivity contribution is 6.31. The molecule has 2 unspecified atom stereocenters. The van der Waals surface area contributed by atoms with Crippen molar-refractivity contribution in [2.45, 2.75) is 45.7 Å². The van der Waals surface area contributed by atoms with Crippen molar-refractivity contribution in [1.82, 2.24) is 10.2 Å². The second-order valence-electron chi connectivity index (χ2n) is 6.48. The molecule has 2 atom stereocenters. The van der Waals surface area contributed by atoms with Crippen LogP contribution in [0.4, 0.5) is 4.39 Å². The normalized spacial score (nSPS) is 20.4. The monoisotopic (exact) mass is 312 g/mol. The van der Waals surface area contributed by atoms with E-state index in [0.29, 0.717) is 17.0 Å². The third-order valence-corrected chi connectivity index (χ3v) is 4.50. The van der Waals surface area contributed by atoms with Crippen molar-refractivity contribution >= 4 is 11.6 Å². The fraction of sp³-hybridized carbons (Fsp3) is 0.647. The second-order valence-corrected chi connectivity index (χ2v) is 6.89. The first-order valence-corrected chi connectivity index (χ1v) is 8.27. The molecule has 1 aromatic carbocycles. The minimum absolute atomic E-state index is 0.197. The van der Waals surface area contributed by atoms with Gasteiger partial charge in [0, 0.05) is 30.2 Å². The minimum Gasteiger partial charge on any atom is -0.313 e. The summed E-state index contributed by atoms with van der Waals surface area (Å²) < 4.78 is 13.2. The lowest BCUT2D eigenvalue weighted by molar-refractivity contribution is 0.171. The van der Waals surface area contributed by atoms with Crippen LogP contribution in [0.1, 0.15) is 45.2 Å². The smallest absolute Gasteiger partial charge is 0.124 e. The summed E-state index contributed by atoms with van der Waals surface area (Å²) >= 11 is 6.24. The van der Waals surface area contributed by atoms with Crippen LogP contribution in [0, 0.1) is 11.7 Å². The average Bonchev–Trinajstić information content (AvgIpc) is 2.89. The molecule has 0 bridgehead atoms. The number of nitrogens with zero attached hydrogens (tertiary/aromatic N) is 1. The highest BCUT2D eigenvalue weighted by Gasteiger charge is 2.24. The molecule has 4 heteroatoms. The Morgan fingerprint density at radius 2 is 2.14 bits per heavy atom. The first kappa shape index (κ1) is 16.7. The zero-order chi connectivity index (χ0) is 15.4. The van der Waals surface area contributed by atoms with Crippen LogP contribution >= 0.6 is 11.6 Å². The maximum Gasteiger partial charge on any atom is 0.124 e. The Morgan fingerprint density at radius 3 is 2.71 bits per heavy atom. The standard InChI is InChI=1S/C17H26ClFN2/c1-12(2)10-21(11-15-5-4-8-20-15)13(3)16-7-6-14(19)9-17(16)18/h6-7,9,12-13,15,20H,4-5,8,10-11H2,1-3H3. The van der Waals surface area contributed by atoms with Crippen LogP contribution in [0.2, 0.25) is 5.02 Å². The Morgan fingerprint density at radius 1 is 1.38 bits per heavy atom. The molecule has 1 aliphatic rings. The first-order chi connectivity index (χ1) is 9.97. The van der Waals surface area contributed by atoms with E-state index in [0.717, 1.165) is 25.2 Å². The van der Waals surface area contributed by atoms with Gasteiger partial charge in [0.15, 0.2) is 0 Å². The van der Waals surface area contributed by atoms with Crippen molar-refractivity contribution in [1.29, 1.82) is 0 Å². The average molecular weight is 313 g/mol. The van der Waals surface area contributed by atoms with E-state index in [9.17, 15) is 4.39 Å². The Hall–Kier alpha value is -0.640. The quantitative estimate of drug-likeness (QED) is 0.844. The molecule has 0 saturated carbocycles. The summed E-state index contributed by atoms with van der Waals surface area (Å²) in [7, 11) is 0. The summed E-state index contributed by atoms with van der Waals surface area (Å²) in [5.41, 5.74) is 1.01. The molecular weight excluding hydrogens is 287 g/mol. The Kier molecular flexibility index (Phi) is 6.03. The number of nitrogens with one attached hydrogen (secondary N) is 1. The summed E-state index contributed by atoms with van der Waals surface area (Å²) in [6.07, 6.45) is 2.49. The van der Waals surface area contributed by atoms with Crippen LogP contribution in [-0.2, 0) is 0 Å². The van der Waals surface area contributed by atoms with Crippen molar-refractivity contribution < 1.29 is 4.39 Å². The third-order valence-electron chi connectivity index (χ3n) is 4.18. The number of hydrogen-bond donors (Lipinski definition) is 1. The SMILES string of the molecule is CC(C)CN(CC1CCCN1)C(C)c1ccc(F)cc1Cl. The Bertz CT molecular complexity index is 458. The van der Waals surface area contributed by atoms with E-state index in [1.807, 2.05) is 6.07 Å². The molecule has 1 N–H and O–H groups in total. The van der Waals surface area contributed by atoms with Gasteiger partial charge in [-0.3, -0.25) is 4.90 Å². The van der Waals surface area contributed by atoms with Gasteiger partial charge in [-0.2, -0.15) is 0 Å². The molecule has 0 amide bonds. The van der Waals surface area contributed by atoms with Gasteiger partial charge in [0.25, 0.3) is 0 Å². The summed E-state index contributed by atoms with van der Waals surface area (Å²) in [6, 6.07) is 5.49. The van der Waals surface area contributed by atoms with Gasteiger partial charge in [-0.05, 0) is 49.9 Å². The lowest BCUT2D eigenvalue weighted by atomic mass is 10.0. The number of benzene rings is 1. The highest BCUT2D eigenvalue weighted by Crippen LogP contribution is 2.29. The minimum atomic E-state index is -0.274. The number of halogens is 2. The molecule has 2 rings (SSSR count). The van der Waals surface area contributed by atoms with E-state index < -0.39 is 0 Å². The second kappa shape index (κ2) is 7.57. The molecule has 118 valence electrons. The van der Waals surface area contributed by atoms with E-state index >= 15 is 0 Å². The summed E-state index contributed by atoms with van der Waals surface area (Å²) in [5.74, 6) is 0.317. The van der Waals surface area contributed by atoms with Crippen molar-refractivity contribution in [3.8, 4) is 0 Å². The molecule has 0 aromatic heterocycles. The lowest BCUT2D eigenvalue weighted by Gasteiger charge is -2.33. The van der Waals surface area contributed by atoms with Gasteiger partial charge in [-0.1, -0.05) is 31.5 Å². The van der Waals surface area contributed by atoms with Crippen LogP contribution in [0.15, 0.2) is 18.2 Å². The maximum absolute atomic E-state index is 13.2. The van der Waals surface area contributed by atoms with Crippen molar-refractivity contribution in [2.75, 3.05) is 19.6 Å².